The Morgan fingerprint density at radius 3 is 2.71 bits per heavy atom. The lowest BCUT2D eigenvalue weighted by Gasteiger charge is -2.21. The number of rotatable bonds is 3. The Kier molecular flexibility index (Phi) is 3.23. The highest BCUT2D eigenvalue weighted by Gasteiger charge is 2.42. The highest BCUT2D eigenvalue weighted by atomic mass is 19.4. The van der Waals surface area contributed by atoms with E-state index in [9.17, 15) is 23.3 Å². The number of halogens is 3. The van der Waals surface area contributed by atoms with E-state index in [0.717, 1.165) is 12.8 Å². The molecule has 2 aliphatic heterocycles. The molecule has 2 fully saturated rings. The largest absolute Gasteiger partial charge is 0.433 e. The van der Waals surface area contributed by atoms with E-state index in [1.807, 2.05) is 0 Å². The molecule has 3 unspecified atom stereocenters. The molecule has 3 atom stereocenters. The van der Waals surface area contributed by atoms with Gasteiger partial charge in [0.2, 0.25) is 0 Å². The minimum atomic E-state index is -4.64. The van der Waals surface area contributed by atoms with E-state index in [4.69, 9.17) is 4.74 Å². The molecule has 0 aliphatic carbocycles. The van der Waals surface area contributed by atoms with E-state index in [-0.39, 0.29) is 23.9 Å². The second kappa shape index (κ2) is 4.83. The Bertz CT molecular complexity index is 579. The predicted molar refractivity (Wildman–Crippen MR) is 65.8 cm³/mol. The molecule has 0 saturated carbocycles. The Morgan fingerprint density at radius 1 is 1.43 bits per heavy atom. The summed E-state index contributed by atoms with van der Waals surface area (Å²) < 4.78 is 43.6. The molecule has 9 heteroatoms. The van der Waals surface area contributed by atoms with Gasteiger partial charge in [-0.15, -0.1) is 0 Å². The molecule has 6 nitrogen and oxygen atoms in total. The van der Waals surface area contributed by atoms with Gasteiger partial charge in [0.05, 0.1) is 23.2 Å². The highest BCUT2D eigenvalue weighted by Crippen LogP contribution is 2.38. The molecule has 1 N–H and O–H groups in total. The monoisotopic (exact) mass is 303 g/mol. The fourth-order valence-corrected chi connectivity index (χ4v) is 2.85. The summed E-state index contributed by atoms with van der Waals surface area (Å²) >= 11 is 0. The van der Waals surface area contributed by atoms with Gasteiger partial charge < -0.3 is 10.1 Å². The summed E-state index contributed by atoms with van der Waals surface area (Å²) in [5.41, 5.74) is -1.78. The van der Waals surface area contributed by atoms with Crippen molar-refractivity contribution in [2.45, 2.75) is 43.7 Å². The van der Waals surface area contributed by atoms with E-state index >= 15 is 0 Å². The van der Waals surface area contributed by atoms with Crippen LogP contribution in [0.2, 0.25) is 0 Å². The molecule has 3 rings (SSSR count). The molecule has 114 valence electrons. The van der Waals surface area contributed by atoms with Gasteiger partial charge in [0.1, 0.15) is 17.6 Å². The van der Waals surface area contributed by atoms with Gasteiger partial charge in [-0.3, -0.25) is 10.1 Å². The van der Waals surface area contributed by atoms with Crippen molar-refractivity contribution in [1.29, 1.82) is 0 Å². The van der Waals surface area contributed by atoms with Gasteiger partial charge >= 0.3 is 11.9 Å². The number of ether oxygens (including phenoxy) is 1. The topological polar surface area (TPSA) is 77.3 Å². The maximum Gasteiger partial charge on any atom is 0.433 e. The zero-order valence-electron chi connectivity index (χ0n) is 10.8. The number of hydrogen-bond donors (Lipinski definition) is 1. The SMILES string of the molecule is O=[N+]([O-])c1cnc(C(F)(F)F)cc1NC1CC2CCC1O2. The number of aromatic nitrogens is 1. The average Bonchev–Trinajstić information content (AvgIpc) is 2.99. The lowest BCUT2D eigenvalue weighted by atomic mass is 9.95. The van der Waals surface area contributed by atoms with Crippen molar-refractivity contribution >= 4 is 11.4 Å². The summed E-state index contributed by atoms with van der Waals surface area (Å²) in [7, 11) is 0. The number of nitrogens with one attached hydrogen (secondary N) is 1. The molecule has 2 saturated heterocycles. The summed E-state index contributed by atoms with van der Waals surface area (Å²) in [5, 5.41) is 13.8. The fraction of sp³-hybridized carbons (Fsp3) is 0.583. The van der Waals surface area contributed by atoms with Gasteiger partial charge in [-0.05, 0) is 25.3 Å². The van der Waals surface area contributed by atoms with Gasteiger partial charge in [0.15, 0.2) is 0 Å². The van der Waals surface area contributed by atoms with E-state index in [1.165, 1.54) is 0 Å². The Morgan fingerprint density at radius 2 is 2.19 bits per heavy atom. The number of pyridine rings is 1. The molecule has 0 amide bonds. The minimum Gasteiger partial charge on any atom is -0.374 e. The van der Waals surface area contributed by atoms with Crippen molar-refractivity contribution in [3.05, 3.63) is 28.1 Å². The zero-order chi connectivity index (χ0) is 15.2. The normalized spacial score (nSPS) is 27.9. The second-order valence-corrected chi connectivity index (χ2v) is 5.20. The van der Waals surface area contributed by atoms with Crippen LogP contribution in [0.1, 0.15) is 25.0 Å². The van der Waals surface area contributed by atoms with Gasteiger partial charge in [0, 0.05) is 0 Å². The molecule has 21 heavy (non-hydrogen) atoms. The highest BCUT2D eigenvalue weighted by molar-refractivity contribution is 5.61. The van der Waals surface area contributed by atoms with Crippen LogP contribution >= 0.6 is 0 Å². The van der Waals surface area contributed by atoms with E-state index < -0.39 is 22.5 Å². The first-order valence-corrected chi connectivity index (χ1v) is 6.48. The van der Waals surface area contributed by atoms with Gasteiger partial charge in [-0.1, -0.05) is 0 Å². The van der Waals surface area contributed by atoms with Crippen molar-refractivity contribution in [3.8, 4) is 0 Å². The van der Waals surface area contributed by atoms with Gasteiger partial charge in [-0.2, -0.15) is 13.2 Å². The smallest absolute Gasteiger partial charge is 0.374 e. The molecule has 0 spiro atoms. The van der Waals surface area contributed by atoms with E-state index in [0.29, 0.717) is 18.7 Å². The number of fused-ring (bicyclic) bond motifs is 2. The average molecular weight is 303 g/mol. The molecule has 1 aromatic heterocycles. The van der Waals surface area contributed by atoms with Crippen molar-refractivity contribution in [1.82, 2.24) is 4.98 Å². The number of hydrogen-bond acceptors (Lipinski definition) is 5. The summed E-state index contributed by atoms with van der Waals surface area (Å²) in [6, 6.07) is 0.482. The van der Waals surface area contributed by atoms with Crippen LogP contribution < -0.4 is 5.32 Å². The van der Waals surface area contributed by atoms with Crippen LogP contribution in [-0.4, -0.2) is 28.2 Å². The molecule has 1 aromatic rings. The Hall–Kier alpha value is -1.90. The van der Waals surface area contributed by atoms with Crippen LogP contribution in [0.15, 0.2) is 12.3 Å². The molecular formula is C12H12F3N3O3. The summed E-state index contributed by atoms with van der Waals surface area (Å²) in [6.45, 7) is 0. The van der Waals surface area contributed by atoms with Crippen molar-refractivity contribution < 1.29 is 22.8 Å². The van der Waals surface area contributed by atoms with Crippen LogP contribution in [0, 0.1) is 10.1 Å². The predicted octanol–water partition coefficient (Wildman–Crippen LogP) is 2.74. The lowest BCUT2D eigenvalue weighted by Crippen LogP contribution is -2.31. The number of nitro groups is 1. The van der Waals surface area contributed by atoms with Gasteiger partial charge in [-0.25, -0.2) is 4.98 Å². The summed E-state index contributed by atoms with van der Waals surface area (Å²) in [5.74, 6) is 0. The maximum atomic E-state index is 12.7. The number of anilines is 1. The Labute approximate surface area is 117 Å². The first-order valence-electron chi connectivity index (χ1n) is 6.48. The number of alkyl halides is 3. The lowest BCUT2D eigenvalue weighted by molar-refractivity contribution is -0.384. The molecule has 0 aromatic carbocycles. The molecule has 2 bridgehead atoms. The quantitative estimate of drug-likeness (QED) is 0.686. The van der Waals surface area contributed by atoms with Crippen molar-refractivity contribution in [2.75, 3.05) is 5.32 Å². The molecule has 0 radical (unpaired) electrons. The summed E-state index contributed by atoms with van der Waals surface area (Å²) in [4.78, 5) is 13.3. The molecule has 3 heterocycles. The Balaban J connectivity index is 1.89. The first-order chi connectivity index (χ1) is 9.84. The third kappa shape index (κ3) is 2.65. The second-order valence-electron chi connectivity index (χ2n) is 5.20. The van der Waals surface area contributed by atoms with Crippen LogP contribution in [0.4, 0.5) is 24.5 Å². The van der Waals surface area contributed by atoms with E-state index in [2.05, 4.69) is 10.3 Å². The van der Waals surface area contributed by atoms with Crippen LogP contribution in [0.25, 0.3) is 0 Å². The molecule has 2 aliphatic rings. The maximum absolute atomic E-state index is 12.7. The number of nitrogens with zero attached hydrogens (tertiary/aromatic N) is 2. The van der Waals surface area contributed by atoms with Gasteiger partial charge in [0.25, 0.3) is 0 Å². The van der Waals surface area contributed by atoms with E-state index in [1.54, 1.807) is 0 Å². The minimum absolute atomic E-state index is 0.0930. The van der Waals surface area contributed by atoms with Crippen molar-refractivity contribution in [2.24, 2.45) is 0 Å². The first kappa shape index (κ1) is 14.1. The van der Waals surface area contributed by atoms with Crippen LogP contribution in [0.5, 0.6) is 0 Å². The standard InChI is InChI=1S/C12H12F3N3O3/c13-12(14,15)11-4-7(9(5-16-11)18(19)20)17-8-3-6-1-2-10(8)21-6/h4-6,8,10H,1-3H2,(H,16,17). The van der Waals surface area contributed by atoms with Crippen LogP contribution in [-0.2, 0) is 10.9 Å². The third-order valence-corrected chi connectivity index (χ3v) is 3.82. The summed E-state index contributed by atoms with van der Waals surface area (Å²) in [6.07, 6.45) is -1.63. The fourth-order valence-electron chi connectivity index (χ4n) is 2.85. The zero-order valence-corrected chi connectivity index (χ0v) is 10.8. The molecular weight excluding hydrogens is 291 g/mol. The van der Waals surface area contributed by atoms with Crippen molar-refractivity contribution in [3.63, 3.8) is 0 Å². The third-order valence-electron chi connectivity index (χ3n) is 3.82. The van der Waals surface area contributed by atoms with Crippen LogP contribution in [0.3, 0.4) is 0 Å².